The van der Waals surface area contributed by atoms with Crippen molar-refractivity contribution in [3.05, 3.63) is 65.2 Å². The SMILES string of the molecule is COCCCSc1nnc(-c2ccc(Cl)cc2)n1Cc1ccccc1. The Morgan fingerprint density at radius 3 is 2.52 bits per heavy atom. The van der Waals surface area contributed by atoms with Crippen LogP contribution in [0.1, 0.15) is 12.0 Å². The van der Waals surface area contributed by atoms with E-state index in [1.54, 1.807) is 18.9 Å². The summed E-state index contributed by atoms with van der Waals surface area (Å²) >= 11 is 7.72. The maximum absolute atomic E-state index is 6.01. The van der Waals surface area contributed by atoms with Crippen molar-refractivity contribution < 1.29 is 4.74 Å². The van der Waals surface area contributed by atoms with Crippen LogP contribution >= 0.6 is 23.4 Å². The summed E-state index contributed by atoms with van der Waals surface area (Å²) in [7, 11) is 1.72. The Labute approximate surface area is 157 Å². The van der Waals surface area contributed by atoms with Gasteiger partial charge in [-0.1, -0.05) is 53.7 Å². The van der Waals surface area contributed by atoms with E-state index in [1.807, 2.05) is 42.5 Å². The van der Waals surface area contributed by atoms with E-state index >= 15 is 0 Å². The molecule has 0 aliphatic heterocycles. The van der Waals surface area contributed by atoms with Crippen LogP contribution in [-0.4, -0.2) is 34.2 Å². The molecule has 6 heteroatoms. The molecule has 25 heavy (non-hydrogen) atoms. The van der Waals surface area contributed by atoms with Gasteiger partial charge < -0.3 is 4.74 Å². The van der Waals surface area contributed by atoms with E-state index in [2.05, 4.69) is 26.9 Å². The number of hydrogen-bond acceptors (Lipinski definition) is 4. The number of thioether (sulfide) groups is 1. The summed E-state index contributed by atoms with van der Waals surface area (Å²) in [6.45, 7) is 1.49. The molecule has 1 aromatic heterocycles. The van der Waals surface area contributed by atoms with Crippen LogP contribution in [0.5, 0.6) is 0 Å². The topological polar surface area (TPSA) is 39.9 Å². The van der Waals surface area contributed by atoms with E-state index in [0.29, 0.717) is 5.02 Å². The largest absolute Gasteiger partial charge is 0.385 e. The third-order valence-corrected chi connectivity index (χ3v) is 5.03. The lowest BCUT2D eigenvalue weighted by atomic mass is 10.2. The van der Waals surface area contributed by atoms with E-state index in [9.17, 15) is 0 Å². The van der Waals surface area contributed by atoms with E-state index in [4.69, 9.17) is 16.3 Å². The van der Waals surface area contributed by atoms with Crippen LogP contribution in [0.4, 0.5) is 0 Å². The first-order valence-electron chi connectivity index (χ1n) is 8.12. The van der Waals surface area contributed by atoms with Crippen molar-refractivity contribution in [2.45, 2.75) is 18.1 Å². The summed E-state index contributed by atoms with van der Waals surface area (Å²) in [5.74, 6) is 1.80. The monoisotopic (exact) mass is 373 g/mol. The molecule has 0 saturated heterocycles. The Balaban J connectivity index is 1.88. The van der Waals surface area contributed by atoms with Crippen LogP contribution < -0.4 is 0 Å². The molecular weight excluding hydrogens is 354 g/mol. The van der Waals surface area contributed by atoms with E-state index in [0.717, 1.165) is 41.9 Å². The lowest BCUT2D eigenvalue weighted by molar-refractivity contribution is 0.200. The molecule has 0 aliphatic rings. The van der Waals surface area contributed by atoms with Crippen LogP contribution in [-0.2, 0) is 11.3 Å². The van der Waals surface area contributed by atoms with Gasteiger partial charge in [0.25, 0.3) is 0 Å². The maximum atomic E-state index is 6.01. The Kier molecular flexibility index (Phi) is 6.50. The average molecular weight is 374 g/mol. The summed E-state index contributed by atoms with van der Waals surface area (Å²) in [5.41, 5.74) is 2.23. The van der Waals surface area contributed by atoms with Crippen LogP contribution in [0.3, 0.4) is 0 Å². The zero-order chi connectivity index (χ0) is 17.5. The molecule has 0 amide bonds. The van der Waals surface area contributed by atoms with Gasteiger partial charge >= 0.3 is 0 Å². The molecule has 0 N–H and O–H groups in total. The van der Waals surface area contributed by atoms with Crippen molar-refractivity contribution >= 4 is 23.4 Å². The molecule has 0 radical (unpaired) electrons. The molecule has 0 atom stereocenters. The van der Waals surface area contributed by atoms with Crippen LogP contribution in [0.2, 0.25) is 5.02 Å². The van der Waals surface area contributed by atoms with Gasteiger partial charge in [0.15, 0.2) is 11.0 Å². The Morgan fingerprint density at radius 1 is 1.04 bits per heavy atom. The number of nitrogens with zero attached hydrogens (tertiary/aromatic N) is 3. The highest BCUT2D eigenvalue weighted by molar-refractivity contribution is 7.99. The van der Waals surface area contributed by atoms with Crippen molar-refractivity contribution in [1.82, 2.24) is 14.8 Å². The average Bonchev–Trinajstić information content (AvgIpc) is 3.03. The maximum Gasteiger partial charge on any atom is 0.191 e. The molecule has 0 spiro atoms. The first kappa shape index (κ1) is 18.0. The van der Waals surface area contributed by atoms with Gasteiger partial charge in [-0.15, -0.1) is 10.2 Å². The normalized spacial score (nSPS) is 11.0. The van der Waals surface area contributed by atoms with Crippen molar-refractivity contribution in [3.8, 4) is 11.4 Å². The van der Waals surface area contributed by atoms with E-state index < -0.39 is 0 Å². The summed E-state index contributed by atoms with van der Waals surface area (Å²) < 4.78 is 7.29. The summed E-state index contributed by atoms with van der Waals surface area (Å²) in [5, 5.41) is 10.5. The zero-order valence-electron chi connectivity index (χ0n) is 14.1. The van der Waals surface area contributed by atoms with Gasteiger partial charge in [0.05, 0.1) is 6.54 Å². The molecule has 130 valence electrons. The van der Waals surface area contributed by atoms with Crippen LogP contribution in [0.15, 0.2) is 59.8 Å². The molecule has 3 rings (SSSR count). The number of hydrogen-bond donors (Lipinski definition) is 0. The number of benzene rings is 2. The molecule has 0 bridgehead atoms. The van der Waals surface area contributed by atoms with Crippen molar-refractivity contribution in [3.63, 3.8) is 0 Å². The third kappa shape index (κ3) is 4.84. The highest BCUT2D eigenvalue weighted by Crippen LogP contribution is 2.26. The third-order valence-electron chi connectivity index (χ3n) is 3.73. The number of ether oxygens (including phenoxy) is 1. The summed E-state index contributed by atoms with van der Waals surface area (Å²) in [4.78, 5) is 0. The zero-order valence-corrected chi connectivity index (χ0v) is 15.6. The predicted octanol–water partition coefficient (Wildman–Crippen LogP) is 4.78. The molecular formula is C19H20ClN3OS. The lowest BCUT2D eigenvalue weighted by Crippen LogP contribution is -2.04. The van der Waals surface area contributed by atoms with Gasteiger partial charge in [-0.25, -0.2) is 0 Å². The smallest absolute Gasteiger partial charge is 0.191 e. The summed E-state index contributed by atoms with van der Waals surface area (Å²) in [6.07, 6.45) is 0.982. The standard InChI is InChI=1S/C19H20ClN3OS/c1-24-12-5-13-25-19-22-21-18(16-8-10-17(20)11-9-16)23(19)14-15-6-3-2-4-7-15/h2-4,6-11H,5,12-14H2,1H3. The number of halogens is 1. The Morgan fingerprint density at radius 2 is 1.80 bits per heavy atom. The second kappa shape index (κ2) is 9.04. The molecule has 0 fully saturated rings. The molecule has 2 aromatic carbocycles. The minimum Gasteiger partial charge on any atom is -0.385 e. The second-order valence-corrected chi connectivity index (χ2v) is 7.08. The first-order chi connectivity index (χ1) is 12.3. The molecule has 0 aliphatic carbocycles. The number of methoxy groups -OCH3 is 1. The van der Waals surface area contributed by atoms with Gasteiger partial charge in [-0.05, 0) is 36.2 Å². The minimum absolute atomic E-state index is 0.715. The number of aromatic nitrogens is 3. The second-order valence-electron chi connectivity index (χ2n) is 5.58. The fraction of sp³-hybridized carbons (Fsp3) is 0.263. The molecule has 0 saturated carbocycles. The lowest BCUT2D eigenvalue weighted by Gasteiger charge is -2.10. The van der Waals surface area contributed by atoms with E-state index in [1.165, 1.54) is 5.56 Å². The van der Waals surface area contributed by atoms with Crippen molar-refractivity contribution in [2.24, 2.45) is 0 Å². The summed E-state index contributed by atoms with van der Waals surface area (Å²) in [6, 6.07) is 18.1. The fourth-order valence-electron chi connectivity index (χ4n) is 2.48. The molecule has 0 unspecified atom stereocenters. The minimum atomic E-state index is 0.715. The van der Waals surface area contributed by atoms with Crippen LogP contribution in [0.25, 0.3) is 11.4 Å². The Bertz CT molecular complexity index is 790. The highest BCUT2D eigenvalue weighted by Gasteiger charge is 2.14. The van der Waals surface area contributed by atoms with Crippen LogP contribution in [0, 0.1) is 0 Å². The van der Waals surface area contributed by atoms with Gasteiger partial charge in [0.1, 0.15) is 0 Å². The van der Waals surface area contributed by atoms with Crippen molar-refractivity contribution in [2.75, 3.05) is 19.5 Å². The van der Waals surface area contributed by atoms with E-state index in [-0.39, 0.29) is 0 Å². The molecule has 1 heterocycles. The fourth-order valence-corrected chi connectivity index (χ4v) is 3.46. The molecule has 3 aromatic rings. The van der Waals surface area contributed by atoms with Gasteiger partial charge in [0.2, 0.25) is 0 Å². The van der Waals surface area contributed by atoms with Gasteiger partial charge in [-0.3, -0.25) is 4.57 Å². The predicted molar refractivity (Wildman–Crippen MR) is 103 cm³/mol. The molecule has 4 nitrogen and oxygen atoms in total. The highest BCUT2D eigenvalue weighted by atomic mass is 35.5. The van der Waals surface area contributed by atoms with Crippen molar-refractivity contribution in [1.29, 1.82) is 0 Å². The quantitative estimate of drug-likeness (QED) is 0.421. The Hall–Kier alpha value is -1.82. The van der Waals surface area contributed by atoms with Gasteiger partial charge in [0, 0.05) is 30.1 Å². The van der Waals surface area contributed by atoms with Gasteiger partial charge in [-0.2, -0.15) is 0 Å². The number of rotatable bonds is 8. The first-order valence-corrected chi connectivity index (χ1v) is 9.49.